The Hall–Kier alpha value is -2.68. The topological polar surface area (TPSA) is 71.1 Å². The van der Waals surface area contributed by atoms with Gasteiger partial charge in [-0.05, 0) is 89.5 Å². The van der Waals surface area contributed by atoms with Gasteiger partial charge in [-0.2, -0.15) is 8.42 Å². The van der Waals surface area contributed by atoms with Gasteiger partial charge in [0, 0.05) is 14.7 Å². The van der Waals surface area contributed by atoms with Crippen LogP contribution in [0.15, 0.2) is 87.5 Å². The molecule has 32 heavy (non-hydrogen) atoms. The zero-order valence-electron chi connectivity index (χ0n) is 18.6. The predicted octanol–water partition coefficient (Wildman–Crippen LogP) is 5.67. The molecule has 3 aromatic rings. The second-order valence-corrected chi connectivity index (χ2v) is 11.5. The number of ether oxygens (including phenoxy) is 3. The molecule has 0 saturated heterocycles. The minimum atomic E-state index is -3.84. The van der Waals surface area contributed by atoms with Gasteiger partial charge in [0.1, 0.15) is 17.2 Å². The molecule has 0 radical (unpaired) electrons. The summed E-state index contributed by atoms with van der Waals surface area (Å²) in [6.45, 7) is 1.81. The van der Waals surface area contributed by atoms with Crippen molar-refractivity contribution in [3.63, 3.8) is 0 Å². The van der Waals surface area contributed by atoms with Gasteiger partial charge >= 0.3 is 0 Å². The predicted molar refractivity (Wildman–Crippen MR) is 127 cm³/mol. The molecule has 0 bridgehead atoms. The molecule has 3 rings (SSSR count). The number of hydrogen-bond acceptors (Lipinski definition) is 6. The third-order valence-electron chi connectivity index (χ3n) is 4.83. The van der Waals surface area contributed by atoms with Gasteiger partial charge in [-0.15, -0.1) is 0 Å². The Bertz CT molecular complexity index is 993. The number of methoxy groups -OCH3 is 3. The monoisotopic (exact) mass is 476 g/mol. The summed E-state index contributed by atoms with van der Waals surface area (Å²) < 4.78 is 48.2. The van der Waals surface area contributed by atoms with Crippen molar-refractivity contribution in [3.05, 3.63) is 72.8 Å². The number of hydrogen-bond donors (Lipinski definition) is 0. The lowest BCUT2D eigenvalue weighted by Gasteiger charge is -2.39. The van der Waals surface area contributed by atoms with E-state index in [1.54, 1.807) is 57.7 Å². The first kappa shape index (κ1) is 24.0. The van der Waals surface area contributed by atoms with E-state index in [-0.39, 0.29) is 5.75 Å². The van der Waals surface area contributed by atoms with Crippen LogP contribution in [0.3, 0.4) is 0 Å². The van der Waals surface area contributed by atoms with Gasteiger partial charge in [0.2, 0.25) is 0 Å². The van der Waals surface area contributed by atoms with Crippen LogP contribution in [0.2, 0.25) is 0 Å². The molecule has 0 aliphatic carbocycles. The van der Waals surface area contributed by atoms with Crippen molar-refractivity contribution in [2.45, 2.75) is 28.0 Å². The van der Waals surface area contributed by atoms with Gasteiger partial charge in [0.25, 0.3) is 10.1 Å². The molecule has 0 N–H and O–H groups in total. The SMILES string of the molecule is CCCS(=O)(=O)OS(c1ccc(OC)cc1)(c1ccc(OC)cc1)c1ccc(OC)cc1. The fourth-order valence-corrected chi connectivity index (χ4v) is 8.60. The van der Waals surface area contributed by atoms with Crippen LogP contribution >= 0.6 is 10.3 Å². The summed E-state index contributed by atoms with van der Waals surface area (Å²) in [5.41, 5.74) is 0. The maximum absolute atomic E-state index is 13.1. The van der Waals surface area contributed by atoms with E-state index in [2.05, 4.69) is 0 Å². The number of rotatable bonds is 10. The van der Waals surface area contributed by atoms with Gasteiger partial charge in [-0.25, -0.2) is 3.63 Å². The molecular formula is C24H28O6S2. The fraction of sp³-hybridized carbons (Fsp3) is 0.250. The van der Waals surface area contributed by atoms with Gasteiger partial charge in [-0.3, -0.25) is 0 Å². The summed E-state index contributed by atoms with van der Waals surface area (Å²) in [7, 11) is -1.72. The second kappa shape index (κ2) is 10.3. The first-order valence-electron chi connectivity index (χ1n) is 10.1. The molecule has 8 heteroatoms. The van der Waals surface area contributed by atoms with E-state index in [0.717, 1.165) is 14.7 Å². The molecule has 0 aliphatic heterocycles. The zero-order valence-corrected chi connectivity index (χ0v) is 20.2. The van der Waals surface area contributed by atoms with Crippen LogP contribution < -0.4 is 14.2 Å². The van der Waals surface area contributed by atoms with Crippen LogP contribution in [-0.2, 0) is 13.7 Å². The molecule has 3 aromatic carbocycles. The lowest BCUT2D eigenvalue weighted by Crippen LogP contribution is -2.16. The van der Waals surface area contributed by atoms with E-state index in [1.807, 2.05) is 43.3 Å². The molecule has 6 nitrogen and oxygen atoms in total. The van der Waals surface area contributed by atoms with Gasteiger partial charge in [0.05, 0.1) is 27.1 Å². The average Bonchev–Trinajstić information content (AvgIpc) is 2.83. The van der Waals surface area contributed by atoms with Crippen molar-refractivity contribution in [1.82, 2.24) is 0 Å². The molecule has 0 aromatic heterocycles. The van der Waals surface area contributed by atoms with E-state index in [9.17, 15) is 8.42 Å². The Morgan fingerprint density at radius 3 is 1.16 bits per heavy atom. The Kier molecular flexibility index (Phi) is 7.71. The van der Waals surface area contributed by atoms with Crippen molar-refractivity contribution in [2.75, 3.05) is 27.1 Å². The quantitative estimate of drug-likeness (QED) is 0.376. The summed E-state index contributed by atoms with van der Waals surface area (Å²) >= 11 is 0. The smallest absolute Gasteiger partial charge is 0.277 e. The average molecular weight is 477 g/mol. The van der Waals surface area contributed by atoms with Gasteiger partial charge < -0.3 is 14.2 Å². The summed E-state index contributed by atoms with van der Waals surface area (Å²) in [5.74, 6) is 1.93. The summed E-state index contributed by atoms with van der Waals surface area (Å²) in [6, 6.07) is 21.9. The molecule has 0 amide bonds. The van der Waals surface area contributed by atoms with Gasteiger partial charge in [-0.1, -0.05) is 6.92 Å². The van der Waals surface area contributed by atoms with Crippen molar-refractivity contribution in [2.24, 2.45) is 0 Å². The zero-order chi connectivity index (χ0) is 23.2. The van der Waals surface area contributed by atoms with E-state index in [1.165, 1.54) is 0 Å². The highest BCUT2D eigenvalue weighted by Crippen LogP contribution is 2.70. The third-order valence-corrected chi connectivity index (χ3v) is 10.2. The first-order chi connectivity index (χ1) is 15.4. The molecule has 0 fully saturated rings. The van der Waals surface area contributed by atoms with Crippen molar-refractivity contribution >= 4 is 20.4 Å². The van der Waals surface area contributed by atoms with Crippen LogP contribution in [0, 0.1) is 0 Å². The van der Waals surface area contributed by atoms with Crippen LogP contribution in [0.5, 0.6) is 17.2 Å². The molecular weight excluding hydrogens is 448 g/mol. The standard InChI is InChI=1S/C24H28O6S2/c1-5-18-31(25,26)30-32(22-12-6-19(27-2)7-13-22,23-14-8-20(28-3)9-15-23)24-16-10-21(29-4)11-17-24/h6-17H,5,18H2,1-4H3. The minimum Gasteiger partial charge on any atom is -0.497 e. The molecule has 0 saturated carbocycles. The Labute approximate surface area is 191 Å². The molecule has 172 valence electrons. The summed E-state index contributed by atoms with van der Waals surface area (Å²) in [4.78, 5) is 2.19. The lowest BCUT2D eigenvalue weighted by atomic mass is 10.3. The Balaban J connectivity index is 2.33. The molecule has 0 spiro atoms. The molecule has 0 aliphatic rings. The minimum absolute atomic E-state index is 0.0792. The second-order valence-electron chi connectivity index (χ2n) is 6.91. The largest absolute Gasteiger partial charge is 0.497 e. The van der Waals surface area contributed by atoms with E-state index < -0.39 is 20.4 Å². The van der Waals surface area contributed by atoms with E-state index >= 15 is 0 Å². The Morgan fingerprint density at radius 1 is 0.594 bits per heavy atom. The van der Waals surface area contributed by atoms with Crippen LogP contribution in [0.1, 0.15) is 13.3 Å². The molecule has 0 atom stereocenters. The summed E-state index contributed by atoms with van der Waals surface area (Å²) in [6.07, 6.45) is 0.450. The first-order valence-corrected chi connectivity index (χ1v) is 13.2. The van der Waals surface area contributed by atoms with E-state index in [0.29, 0.717) is 23.7 Å². The van der Waals surface area contributed by atoms with Crippen LogP contribution in [0.4, 0.5) is 0 Å². The van der Waals surface area contributed by atoms with Crippen LogP contribution in [0.25, 0.3) is 0 Å². The highest BCUT2D eigenvalue weighted by molar-refractivity contribution is 8.33. The molecule has 0 unspecified atom stereocenters. The van der Waals surface area contributed by atoms with E-state index in [4.69, 9.17) is 17.8 Å². The highest BCUT2D eigenvalue weighted by atomic mass is 32.3. The van der Waals surface area contributed by atoms with Crippen molar-refractivity contribution in [3.8, 4) is 17.2 Å². The summed E-state index contributed by atoms with van der Waals surface area (Å²) in [5, 5.41) is 0. The maximum atomic E-state index is 13.1. The molecule has 0 heterocycles. The third kappa shape index (κ3) is 5.03. The Morgan fingerprint density at radius 2 is 0.906 bits per heavy atom. The number of benzene rings is 3. The lowest BCUT2D eigenvalue weighted by molar-refractivity contribution is 0.414. The maximum Gasteiger partial charge on any atom is 0.277 e. The van der Waals surface area contributed by atoms with Gasteiger partial charge in [0.15, 0.2) is 0 Å². The van der Waals surface area contributed by atoms with Crippen molar-refractivity contribution < 1.29 is 26.3 Å². The van der Waals surface area contributed by atoms with Crippen molar-refractivity contribution in [1.29, 1.82) is 0 Å². The van der Waals surface area contributed by atoms with Crippen LogP contribution in [-0.4, -0.2) is 35.5 Å². The normalized spacial score (nSPS) is 12.2. The highest BCUT2D eigenvalue weighted by Gasteiger charge is 2.37. The fourth-order valence-electron chi connectivity index (χ4n) is 3.27.